The van der Waals surface area contributed by atoms with Crippen LogP contribution in [0.2, 0.25) is 0 Å². The number of pyridine rings is 1. The van der Waals surface area contributed by atoms with Crippen molar-refractivity contribution in [2.24, 2.45) is 0 Å². The standard InChI is InChI=1S/C9H10BrN3O2/c1-6(2)4-11-9-8(13(14)15)3-7(10)5-12-9/h3,5H,1,4H2,2H3,(H,11,12). The first kappa shape index (κ1) is 11.6. The summed E-state index contributed by atoms with van der Waals surface area (Å²) in [5.74, 6) is 0.256. The monoisotopic (exact) mass is 271 g/mol. The van der Waals surface area contributed by atoms with Gasteiger partial charge in [0.2, 0.25) is 5.82 Å². The van der Waals surface area contributed by atoms with Gasteiger partial charge in [-0.25, -0.2) is 4.98 Å². The Labute approximate surface area is 95.5 Å². The molecule has 1 N–H and O–H groups in total. The highest BCUT2D eigenvalue weighted by atomic mass is 79.9. The van der Waals surface area contributed by atoms with Crippen LogP contribution >= 0.6 is 15.9 Å². The van der Waals surface area contributed by atoms with Crippen molar-refractivity contribution in [3.8, 4) is 0 Å². The number of aromatic nitrogens is 1. The third-order valence-corrected chi connectivity index (χ3v) is 2.02. The summed E-state index contributed by atoms with van der Waals surface area (Å²) in [6.45, 7) is 5.99. The Morgan fingerprint density at radius 1 is 1.80 bits per heavy atom. The summed E-state index contributed by atoms with van der Waals surface area (Å²) in [4.78, 5) is 14.2. The van der Waals surface area contributed by atoms with E-state index < -0.39 is 4.92 Å². The Morgan fingerprint density at radius 3 is 3.00 bits per heavy atom. The molecule has 1 aromatic heterocycles. The molecule has 6 heteroatoms. The molecule has 0 spiro atoms. The first-order chi connectivity index (χ1) is 7.00. The Morgan fingerprint density at radius 2 is 2.47 bits per heavy atom. The molecule has 1 heterocycles. The van der Waals surface area contributed by atoms with Gasteiger partial charge in [-0.15, -0.1) is 0 Å². The minimum absolute atomic E-state index is 0.0503. The van der Waals surface area contributed by atoms with Gasteiger partial charge >= 0.3 is 5.69 Å². The van der Waals surface area contributed by atoms with Crippen LogP contribution in [0.3, 0.4) is 0 Å². The van der Waals surface area contributed by atoms with Crippen molar-refractivity contribution < 1.29 is 4.92 Å². The lowest BCUT2D eigenvalue weighted by Crippen LogP contribution is -2.06. The van der Waals surface area contributed by atoms with E-state index in [-0.39, 0.29) is 11.5 Å². The van der Waals surface area contributed by atoms with Gasteiger partial charge in [-0.1, -0.05) is 12.2 Å². The van der Waals surface area contributed by atoms with E-state index in [0.717, 1.165) is 5.57 Å². The molecule has 15 heavy (non-hydrogen) atoms. The molecule has 80 valence electrons. The van der Waals surface area contributed by atoms with Gasteiger partial charge in [0, 0.05) is 23.3 Å². The van der Waals surface area contributed by atoms with Gasteiger partial charge in [-0.2, -0.15) is 0 Å². The lowest BCUT2D eigenvalue weighted by atomic mass is 10.3. The van der Waals surface area contributed by atoms with Gasteiger partial charge < -0.3 is 5.32 Å². The number of rotatable bonds is 4. The average molecular weight is 272 g/mol. The predicted octanol–water partition coefficient (Wildman–Crippen LogP) is 2.74. The Bertz CT molecular complexity index is 406. The maximum Gasteiger partial charge on any atom is 0.312 e. The third-order valence-electron chi connectivity index (χ3n) is 1.59. The van der Waals surface area contributed by atoms with Crippen LogP contribution in [-0.2, 0) is 0 Å². The normalized spacial score (nSPS) is 9.73. The van der Waals surface area contributed by atoms with Crippen LogP contribution in [0.15, 0.2) is 28.9 Å². The quantitative estimate of drug-likeness (QED) is 0.520. The molecule has 0 saturated heterocycles. The maximum atomic E-state index is 10.7. The van der Waals surface area contributed by atoms with Crippen LogP contribution in [0.4, 0.5) is 11.5 Å². The highest BCUT2D eigenvalue weighted by Crippen LogP contribution is 2.25. The molecule has 0 fully saturated rings. The van der Waals surface area contributed by atoms with Gasteiger partial charge in [0.15, 0.2) is 0 Å². The van der Waals surface area contributed by atoms with Crippen molar-refractivity contribution in [1.82, 2.24) is 4.98 Å². The van der Waals surface area contributed by atoms with Gasteiger partial charge in [-0.05, 0) is 22.9 Å². The van der Waals surface area contributed by atoms with Crippen molar-refractivity contribution in [2.75, 3.05) is 11.9 Å². The van der Waals surface area contributed by atoms with Gasteiger partial charge in [0.1, 0.15) is 0 Å². The van der Waals surface area contributed by atoms with Gasteiger partial charge in [0.25, 0.3) is 0 Å². The van der Waals surface area contributed by atoms with Crippen molar-refractivity contribution in [3.63, 3.8) is 0 Å². The summed E-state index contributed by atoms with van der Waals surface area (Å²) in [5, 5.41) is 13.5. The van der Waals surface area contributed by atoms with E-state index in [1.807, 2.05) is 6.92 Å². The lowest BCUT2D eigenvalue weighted by molar-refractivity contribution is -0.384. The third kappa shape index (κ3) is 3.32. The molecule has 0 saturated carbocycles. The number of hydrogen-bond acceptors (Lipinski definition) is 4. The molecule has 0 aliphatic heterocycles. The van der Waals surface area contributed by atoms with E-state index in [1.54, 1.807) is 0 Å². The van der Waals surface area contributed by atoms with Crippen molar-refractivity contribution in [2.45, 2.75) is 6.92 Å². The van der Waals surface area contributed by atoms with Crippen LogP contribution in [0, 0.1) is 10.1 Å². The van der Waals surface area contributed by atoms with E-state index in [0.29, 0.717) is 11.0 Å². The van der Waals surface area contributed by atoms with Crippen LogP contribution < -0.4 is 5.32 Å². The molecule has 0 aliphatic carbocycles. The molecule has 0 amide bonds. The van der Waals surface area contributed by atoms with Crippen LogP contribution in [0.5, 0.6) is 0 Å². The smallest absolute Gasteiger partial charge is 0.312 e. The SMILES string of the molecule is C=C(C)CNc1ncc(Br)cc1[N+](=O)[O-]. The maximum absolute atomic E-state index is 10.7. The summed E-state index contributed by atoms with van der Waals surface area (Å²) in [5.41, 5.74) is 0.833. The minimum atomic E-state index is -0.474. The minimum Gasteiger partial charge on any atom is -0.361 e. The second-order valence-corrected chi connectivity index (χ2v) is 4.00. The second kappa shape index (κ2) is 4.88. The molecule has 0 aromatic carbocycles. The Balaban J connectivity index is 2.95. The first-order valence-corrected chi connectivity index (χ1v) is 4.98. The molecule has 0 unspecified atom stereocenters. The largest absolute Gasteiger partial charge is 0.361 e. The summed E-state index contributed by atoms with van der Waals surface area (Å²) in [6, 6.07) is 1.41. The fraction of sp³-hybridized carbons (Fsp3) is 0.222. The zero-order valence-corrected chi connectivity index (χ0v) is 9.74. The van der Waals surface area contributed by atoms with E-state index in [1.165, 1.54) is 12.3 Å². The molecule has 0 bridgehead atoms. The summed E-state index contributed by atoms with van der Waals surface area (Å²) >= 11 is 3.13. The predicted molar refractivity (Wildman–Crippen MR) is 61.9 cm³/mol. The van der Waals surface area contributed by atoms with Crippen molar-refractivity contribution in [3.05, 3.63) is 39.0 Å². The molecule has 0 aliphatic rings. The number of hydrogen-bond donors (Lipinski definition) is 1. The van der Waals surface area contributed by atoms with E-state index in [4.69, 9.17) is 0 Å². The van der Waals surface area contributed by atoms with E-state index >= 15 is 0 Å². The van der Waals surface area contributed by atoms with Crippen LogP contribution in [-0.4, -0.2) is 16.5 Å². The van der Waals surface area contributed by atoms with Gasteiger partial charge in [-0.3, -0.25) is 10.1 Å². The zero-order chi connectivity index (χ0) is 11.4. The van der Waals surface area contributed by atoms with Crippen molar-refractivity contribution >= 4 is 27.4 Å². The number of halogens is 1. The Kier molecular flexibility index (Phi) is 3.79. The lowest BCUT2D eigenvalue weighted by Gasteiger charge is -2.05. The molecule has 1 aromatic rings. The number of nitro groups is 1. The van der Waals surface area contributed by atoms with Crippen molar-refractivity contribution in [1.29, 1.82) is 0 Å². The first-order valence-electron chi connectivity index (χ1n) is 4.19. The van der Waals surface area contributed by atoms with Crippen LogP contribution in [0.25, 0.3) is 0 Å². The average Bonchev–Trinajstić information content (AvgIpc) is 2.15. The number of nitrogens with zero attached hydrogens (tertiary/aromatic N) is 2. The van der Waals surface area contributed by atoms with Crippen LogP contribution in [0.1, 0.15) is 6.92 Å². The highest BCUT2D eigenvalue weighted by molar-refractivity contribution is 9.10. The fourth-order valence-electron chi connectivity index (χ4n) is 0.939. The van der Waals surface area contributed by atoms with E-state index in [2.05, 4.69) is 32.8 Å². The number of nitrogens with one attached hydrogen (secondary N) is 1. The second-order valence-electron chi connectivity index (χ2n) is 3.09. The summed E-state index contributed by atoms with van der Waals surface area (Å²) in [7, 11) is 0. The molecule has 0 atom stereocenters. The molecule has 0 radical (unpaired) electrons. The molecular weight excluding hydrogens is 262 g/mol. The fourth-order valence-corrected chi connectivity index (χ4v) is 1.26. The molecule has 1 rings (SSSR count). The Hall–Kier alpha value is -1.43. The molecule has 5 nitrogen and oxygen atoms in total. The van der Waals surface area contributed by atoms with Gasteiger partial charge in [0.05, 0.1) is 4.92 Å². The number of anilines is 1. The van der Waals surface area contributed by atoms with E-state index in [9.17, 15) is 10.1 Å². The summed E-state index contributed by atoms with van der Waals surface area (Å²) in [6.07, 6.45) is 1.51. The highest BCUT2D eigenvalue weighted by Gasteiger charge is 2.15. The summed E-state index contributed by atoms with van der Waals surface area (Å²) < 4.78 is 0.579. The zero-order valence-electron chi connectivity index (χ0n) is 8.16. The molecular formula is C9H10BrN3O2. The topological polar surface area (TPSA) is 68.1 Å².